The molecule has 0 radical (unpaired) electrons. The van der Waals surface area contributed by atoms with Gasteiger partial charge in [-0.05, 0) is 43.2 Å². The number of hydrogen-bond acceptors (Lipinski definition) is 4. The Kier molecular flexibility index (Phi) is 5.17. The zero-order valence-corrected chi connectivity index (χ0v) is 16.1. The quantitative estimate of drug-likeness (QED) is 0.427. The SMILES string of the molecule is Cc1oc2cc(OCCCn3ccnc3)ccc2c(=O)c1-c1ccc(Cl)cc1. The van der Waals surface area contributed by atoms with Crippen molar-refractivity contribution in [2.75, 3.05) is 6.61 Å². The van der Waals surface area contributed by atoms with Crippen molar-refractivity contribution < 1.29 is 9.15 Å². The first kappa shape index (κ1) is 18.3. The van der Waals surface area contributed by atoms with E-state index < -0.39 is 0 Å². The zero-order valence-electron chi connectivity index (χ0n) is 15.4. The van der Waals surface area contributed by atoms with Crippen LogP contribution in [0.5, 0.6) is 5.75 Å². The van der Waals surface area contributed by atoms with Crippen LogP contribution in [0.25, 0.3) is 22.1 Å². The van der Waals surface area contributed by atoms with Crippen LogP contribution in [0.15, 0.2) is 70.4 Å². The number of rotatable bonds is 6. The molecule has 2 heterocycles. The Morgan fingerprint density at radius 3 is 2.75 bits per heavy atom. The molecule has 0 amide bonds. The molecule has 4 rings (SSSR count). The zero-order chi connectivity index (χ0) is 19.5. The monoisotopic (exact) mass is 394 g/mol. The highest BCUT2D eigenvalue weighted by Crippen LogP contribution is 2.27. The van der Waals surface area contributed by atoms with Crippen molar-refractivity contribution >= 4 is 22.6 Å². The molecule has 4 aromatic rings. The summed E-state index contributed by atoms with van der Waals surface area (Å²) in [6, 6.07) is 12.5. The molecule has 0 aliphatic carbocycles. The van der Waals surface area contributed by atoms with Crippen LogP contribution in [0.1, 0.15) is 12.2 Å². The maximum atomic E-state index is 13.0. The second-order valence-electron chi connectivity index (χ2n) is 6.53. The number of nitrogens with zero attached hydrogens (tertiary/aromatic N) is 2. The van der Waals surface area contributed by atoms with E-state index in [0.717, 1.165) is 18.5 Å². The van der Waals surface area contributed by atoms with Gasteiger partial charge in [-0.1, -0.05) is 23.7 Å². The summed E-state index contributed by atoms with van der Waals surface area (Å²) in [6.07, 6.45) is 6.32. The highest BCUT2D eigenvalue weighted by Gasteiger charge is 2.14. The molecule has 142 valence electrons. The summed E-state index contributed by atoms with van der Waals surface area (Å²) in [6.45, 7) is 3.20. The summed E-state index contributed by atoms with van der Waals surface area (Å²) in [7, 11) is 0. The van der Waals surface area contributed by atoms with E-state index in [2.05, 4.69) is 4.98 Å². The molecule has 6 heteroatoms. The van der Waals surface area contributed by atoms with Gasteiger partial charge in [0.25, 0.3) is 0 Å². The van der Waals surface area contributed by atoms with Crippen LogP contribution in [-0.4, -0.2) is 16.2 Å². The third kappa shape index (κ3) is 3.80. The van der Waals surface area contributed by atoms with E-state index in [1.54, 1.807) is 49.8 Å². The van der Waals surface area contributed by atoms with Crippen LogP contribution in [0.3, 0.4) is 0 Å². The molecular weight excluding hydrogens is 376 g/mol. The smallest absolute Gasteiger partial charge is 0.200 e. The minimum Gasteiger partial charge on any atom is -0.493 e. The third-order valence-electron chi connectivity index (χ3n) is 4.56. The van der Waals surface area contributed by atoms with E-state index in [-0.39, 0.29) is 5.43 Å². The lowest BCUT2D eigenvalue weighted by Crippen LogP contribution is -2.08. The predicted molar refractivity (Wildman–Crippen MR) is 110 cm³/mol. The lowest BCUT2D eigenvalue weighted by Gasteiger charge is -2.10. The number of benzene rings is 2. The second kappa shape index (κ2) is 7.90. The van der Waals surface area contributed by atoms with Gasteiger partial charge in [-0.15, -0.1) is 0 Å². The van der Waals surface area contributed by atoms with Gasteiger partial charge in [0.2, 0.25) is 5.43 Å². The van der Waals surface area contributed by atoms with Crippen molar-refractivity contribution in [1.82, 2.24) is 9.55 Å². The van der Waals surface area contributed by atoms with Crippen LogP contribution in [-0.2, 0) is 6.54 Å². The predicted octanol–water partition coefficient (Wildman–Crippen LogP) is 5.09. The van der Waals surface area contributed by atoms with Gasteiger partial charge >= 0.3 is 0 Å². The molecule has 2 aromatic carbocycles. The van der Waals surface area contributed by atoms with Crippen molar-refractivity contribution in [2.24, 2.45) is 0 Å². The first-order valence-corrected chi connectivity index (χ1v) is 9.41. The Morgan fingerprint density at radius 2 is 2.00 bits per heavy atom. The number of imidazole rings is 1. The summed E-state index contributed by atoms with van der Waals surface area (Å²) in [5, 5.41) is 1.16. The fourth-order valence-electron chi connectivity index (χ4n) is 3.18. The molecule has 0 N–H and O–H groups in total. The van der Waals surface area contributed by atoms with Gasteiger partial charge in [-0.2, -0.15) is 0 Å². The second-order valence-corrected chi connectivity index (χ2v) is 6.97. The standard InChI is InChI=1S/C22H19ClN2O3/c1-15-21(16-3-5-17(23)6-4-16)22(26)19-8-7-18(13-20(19)28-15)27-12-2-10-25-11-9-24-14-25/h3-9,11,13-14H,2,10,12H2,1H3. The number of aromatic nitrogens is 2. The summed E-state index contributed by atoms with van der Waals surface area (Å²) in [5.41, 5.74) is 1.80. The maximum Gasteiger partial charge on any atom is 0.200 e. The molecule has 5 nitrogen and oxygen atoms in total. The van der Waals surface area contributed by atoms with E-state index in [0.29, 0.717) is 39.7 Å². The van der Waals surface area contributed by atoms with Crippen LogP contribution in [0.2, 0.25) is 5.02 Å². The Labute approximate surface area is 167 Å². The van der Waals surface area contributed by atoms with Crippen molar-refractivity contribution in [3.63, 3.8) is 0 Å². The third-order valence-corrected chi connectivity index (χ3v) is 4.81. The Balaban J connectivity index is 1.56. The molecule has 0 fully saturated rings. The number of hydrogen-bond donors (Lipinski definition) is 0. The van der Waals surface area contributed by atoms with Crippen molar-refractivity contribution in [3.05, 3.63) is 82.2 Å². The summed E-state index contributed by atoms with van der Waals surface area (Å²) in [4.78, 5) is 17.0. The van der Waals surface area contributed by atoms with Gasteiger partial charge in [0, 0.05) is 30.0 Å². The fourth-order valence-corrected chi connectivity index (χ4v) is 3.31. The molecule has 0 saturated carbocycles. The maximum absolute atomic E-state index is 13.0. The van der Waals surface area contributed by atoms with E-state index in [1.165, 1.54) is 0 Å². The molecule has 0 aliphatic rings. The minimum atomic E-state index is -0.0623. The van der Waals surface area contributed by atoms with Crippen molar-refractivity contribution in [2.45, 2.75) is 19.9 Å². The van der Waals surface area contributed by atoms with Crippen LogP contribution in [0, 0.1) is 6.92 Å². The molecule has 0 spiro atoms. The minimum absolute atomic E-state index is 0.0623. The van der Waals surface area contributed by atoms with Gasteiger partial charge in [0.05, 0.1) is 23.9 Å². The van der Waals surface area contributed by atoms with Gasteiger partial charge in [0.1, 0.15) is 17.1 Å². The van der Waals surface area contributed by atoms with Gasteiger partial charge in [0.15, 0.2) is 0 Å². The summed E-state index contributed by atoms with van der Waals surface area (Å²) >= 11 is 5.95. The van der Waals surface area contributed by atoms with Crippen LogP contribution < -0.4 is 10.2 Å². The number of aryl methyl sites for hydroxylation is 2. The Morgan fingerprint density at radius 1 is 1.18 bits per heavy atom. The molecule has 0 unspecified atom stereocenters. The van der Waals surface area contributed by atoms with E-state index >= 15 is 0 Å². The lowest BCUT2D eigenvalue weighted by atomic mass is 10.0. The number of halogens is 1. The Bertz CT molecular complexity index is 1150. The topological polar surface area (TPSA) is 57.3 Å². The highest BCUT2D eigenvalue weighted by molar-refractivity contribution is 6.30. The number of fused-ring (bicyclic) bond motifs is 1. The molecule has 0 atom stereocenters. The van der Waals surface area contributed by atoms with Gasteiger partial charge in [-0.25, -0.2) is 4.98 Å². The average molecular weight is 395 g/mol. The van der Waals surface area contributed by atoms with E-state index in [4.69, 9.17) is 20.8 Å². The van der Waals surface area contributed by atoms with Crippen molar-refractivity contribution in [1.29, 1.82) is 0 Å². The molecule has 0 bridgehead atoms. The normalized spacial score (nSPS) is 11.1. The average Bonchev–Trinajstić information content (AvgIpc) is 3.20. The molecule has 0 saturated heterocycles. The van der Waals surface area contributed by atoms with Crippen LogP contribution in [0.4, 0.5) is 0 Å². The largest absolute Gasteiger partial charge is 0.493 e. The Hall–Kier alpha value is -3.05. The van der Waals surface area contributed by atoms with Gasteiger partial charge in [-0.3, -0.25) is 4.79 Å². The molecule has 0 aliphatic heterocycles. The van der Waals surface area contributed by atoms with E-state index in [9.17, 15) is 4.79 Å². The number of ether oxygens (including phenoxy) is 1. The molecular formula is C22H19ClN2O3. The fraction of sp³-hybridized carbons (Fsp3) is 0.182. The van der Waals surface area contributed by atoms with Crippen LogP contribution >= 0.6 is 11.6 Å². The van der Waals surface area contributed by atoms with Gasteiger partial charge < -0.3 is 13.7 Å². The first-order chi connectivity index (χ1) is 13.6. The first-order valence-electron chi connectivity index (χ1n) is 9.04. The molecule has 2 aromatic heterocycles. The summed E-state index contributed by atoms with van der Waals surface area (Å²) < 4.78 is 13.8. The highest BCUT2D eigenvalue weighted by atomic mass is 35.5. The molecule has 28 heavy (non-hydrogen) atoms. The van der Waals surface area contributed by atoms with E-state index in [1.807, 2.05) is 22.9 Å². The summed E-state index contributed by atoms with van der Waals surface area (Å²) in [5.74, 6) is 1.25. The van der Waals surface area contributed by atoms with Crippen molar-refractivity contribution in [3.8, 4) is 16.9 Å². The lowest BCUT2D eigenvalue weighted by molar-refractivity contribution is 0.301.